The predicted molar refractivity (Wildman–Crippen MR) is 43.4 cm³/mol. The van der Waals surface area contributed by atoms with Crippen LogP contribution in [0.4, 0.5) is 0 Å². The molecule has 2 nitrogen and oxygen atoms in total. The van der Waals surface area contributed by atoms with Crippen LogP contribution in [0.15, 0.2) is 0 Å². The lowest BCUT2D eigenvalue weighted by molar-refractivity contribution is -0.124. The van der Waals surface area contributed by atoms with Crippen LogP contribution < -0.4 is 0 Å². The minimum absolute atomic E-state index is 0.129. The summed E-state index contributed by atoms with van der Waals surface area (Å²) in [6.45, 7) is 4.06. The largest absolute Gasteiger partial charge is 0.370 e. The third-order valence-electron chi connectivity index (χ3n) is 2.28. The molecular formula is C9H16O2. The second-order valence-electron chi connectivity index (χ2n) is 3.46. The lowest BCUT2D eigenvalue weighted by Gasteiger charge is -2.14. The van der Waals surface area contributed by atoms with E-state index in [0.29, 0.717) is 18.6 Å². The lowest BCUT2D eigenvalue weighted by Crippen LogP contribution is -2.19. The summed E-state index contributed by atoms with van der Waals surface area (Å²) in [5.74, 6) is 0.776. The maximum Gasteiger partial charge on any atom is 0.155 e. The molecule has 0 radical (unpaired) electrons. The highest BCUT2D eigenvalue weighted by Gasteiger charge is 2.23. The molecule has 0 N–H and O–H groups in total. The van der Waals surface area contributed by atoms with Crippen molar-refractivity contribution >= 4 is 5.78 Å². The zero-order valence-corrected chi connectivity index (χ0v) is 7.30. The summed E-state index contributed by atoms with van der Waals surface area (Å²) in [6.07, 6.45) is 3.99. The minimum Gasteiger partial charge on any atom is -0.370 e. The molecule has 0 spiro atoms. The molecule has 2 heteroatoms. The van der Waals surface area contributed by atoms with Gasteiger partial charge in [0.05, 0.1) is 6.10 Å². The van der Waals surface area contributed by atoms with Gasteiger partial charge >= 0.3 is 0 Å². The van der Waals surface area contributed by atoms with Gasteiger partial charge in [0.25, 0.3) is 0 Å². The zero-order chi connectivity index (χ0) is 8.27. The molecule has 0 amide bonds. The van der Waals surface area contributed by atoms with Gasteiger partial charge in [-0.25, -0.2) is 0 Å². The Kier molecular flexibility index (Phi) is 3.06. The second kappa shape index (κ2) is 3.86. The van der Waals surface area contributed by atoms with E-state index >= 15 is 0 Å². The Hall–Kier alpha value is -0.370. The van der Waals surface area contributed by atoms with Crippen LogP contribution >= 0.6 is 0 Å². The molecule has 1 aliphatic carbocycles. The summed E-state index contributed by atoms with van der Waals surface area (Å²) in [4.78, 5) is 10.6. The Labute approximate surface area is 67.9 Å². The molecule has 1 fully saturated rings. The number of rotatable bonds is 3. The highest BCUT2D eigenvalue weighted by molar-refractivity contribution is 5.76. The van der Waals surface area contributed by atoms with Crippen molar-refractivity contribution in [2.24, 2.45) is 5.92 Å². The fraction of sp³-hybridized carbons (Fsp3) is 0.889. The molecule has 1 aliphatic rings. The van der Waals surface area contributed by atoms with Crippen LogP contribution in [0, 0.1) is 5.92 Å². The Morgan fingerprint density at radius 1 is 1.55 bits per heavy atom. The van der Waals surface area contributed by atoms with Crippen molar-refractivity contribution in [3.8, 4) is 0 Å². The molecule has 2 atom stereocenters. The van der Waals surface area contributed by atoms with Gasteiger partial charge in [-0.05, 0) is 25.7 Å². The monoisotopic (exact) mass is 156 g/mol. The van der Waals surface area contributed by atoms with E-state index in [9.17, 15) is 4.79 Å². The van der Waals surface area contributed by atoms with Crippen LogP contribution in [0.1, 0.15) is 33.1 Å². The van der Waals surface area contributed by atoms with Crippen LogP contribution in [-0.2, 0) is 9.53 Å². The molecule has 64 valence electrons. The minimum atomic E-state index is 0.129. The quantitative estimate of drug-likeness (QED) is 0.622. The number of carbonyl (C=O) groups excluding carboxylic acids is 1. The molecule has 0 bridgehead atoms. The standard InChI is InChI=1S/C9H16O2/c1-7-4-3-5-9(7)11-6-8(2)10/h7,9H,3-6H2,1-2H3. The Balaban J connectivity index is 2.20. The maximum atomic E-state index is 10.6. The van der Waals surface area contributed by atoms with Gasteiger partial charge in [-0.2, -0.15) is 0 Å². The van der Waals surface area contributed by atoms with Crippen LogP contribution in [-0.4, -0.2) is 18.5 Å². The summed E-state index contributed by atoms with van der Waals surface area (Å²) in [5.41, 5.74) is 0. The van der Waals surface area contributed by atoms with E-state index in [2.05, 4.69) is 6.92 Å². The van der Waals surface area contributed by atoms with Gasteiger partial charge < -0.3 is 4.74 Å². The highest BCUT2D eigenvalue weighted by atomic mass is 16.5. The fourth-order valence-corrected chi connectivity index (χ4v) is 1.58. The molecular weight excluding hydrogens is 140 g/mol. The molecule has 11 heavy (non-hydrogen) atoms. The highest BCUT2D eigenvalue weighted by Crippen LogP contribution is 2.27. The number of hydrogen-bond donors (Lipinski definition) is 0. The summed E-state index contributed by atoms with van der Waals surface area (Å²) in [7, 11) is 0. The average molecular weight is 156 g/mol. The molecule has 1 saturated carbocycles. The normalized spacial score (nSPS) is 30.7. The Bertz CT molecular complexity index is 142. The van der Waals surface area contributed by atoms with Gasteiger partial charge in [0.2, 0.25) is 0 Å². The van der Waals surface area contributed by atoms with E-state index in [1.54, 1.807) is 6.92 Å². The van der Waals surface area contributed by atoms with E-state index in [1.807, 2.05) is 0 Å². The topological polar surface area (TPSA) is 26.3 Å². The molecule has 0 saturated heterocycles. The summed E-state index contributed by atoms with van der Waals surface area (Å²) >= 11 is 0. The Morgan fingerprint density at radius 2 is 2.27 bits per heavy atom. The van der Waals surface area contributed by atoms with Crippen LogP contribution in [0.2, 0.25) is 0 Å². The molecule has 0 heterocycles. The van der Waals surface area contributed by atoms with Gasteiger partial charge in [-0.15, -0.1) is 0 Å². The van der Waals surface area contributed by atoms with Crippen molar-refractivity contribution in [3.05, 3.63) is 0 Å². The fourth-order valence-electron chi connectivity index (χ4n) is 1.58. The first-order valence-electron chi connectivity index (χ1n) is 4.31. The number of hydrogen-bond acceptors (Lipinski definition) is 2. The molecule has 0 aromatic heterocycles. The molecule has 2 unspecified atom stereocenters. The van der Waals surface area contributed by atoms with E-state index in [0.717, 1.165) is 6.42 Å². The first-order chi connectivity index (χ1) is 5.20. The van der Waals surface area contributed by atoms with Crippen molar-refractivity contribution in [3.63, 3.8) is 0 Å². The summed E-state index contributed by atoms with van der Waals surface area (Å²) < 4.78 is 5.43. The van der Waals surface area contributed by atoms with Gasteiger partial charge in [0, 0.05) is 0 Å². The van der Waals surface area contributed by atoms with Gasteiger partial charge in [-0.3, -0.25) is 4.79 Å². The molecule has 0 aromatic carbocycles. The van der Waals surface area contributed by atoms with E-state index in [-0.39, 0.29) is 5.78 Å². The van der Waals surface area contributed by atoms with Crippen molar-refractivity contribution < 1.29 is 9.53 Å². The SMILES string of the molecule is CC(=O)COC1CCCC1C. The number of ether oxygens (including phenoxy) is 1. The number of carbonyl (C=O) groups is 1. The number of ketones is 1. The number of Topliss-reactive ketones (excluding diaryl/α,β-unsaturated/α-hetero) is 1. The first kappa shape index (κ1) is 8.72. The van der Waals surface area contributed by atoms with Crippen LogP contribution in [0.3, 0.4) is 0 Å². The second-order valence-corrected chi connectivity index (χ2v) is 3.46. The summed E-state index contributed by atoms with van der Waals surface area (Å²) in [5, 5.41) is 0. The predicted octanol–water partition coefficient (Wildman–Crippen LogP) is 1.78. The van der Waals surface area contributed by atoms with Crippen molar-refractivity contribution in [2.45, 2.75) is 39.2 Å². The van der Waals surface area contributed by atoms with Gasteiger partial charge in [0.15, 0.2) is 5.78 Å². The molecule has 1 rings (SSSR count). The first-order valence-corrected chi connectivity index (χ1v) is 4.31. The van der Waals surface area contributed by atoms with Crippen LogP contribution in [0.5, 0.6) is 0 Å². The van der Waals surface area contributed by atoms with Gasteiger partial charge in [-0.1, -0.05) is 13.3 Å². The smallest absolute Gasteiger partial charge is 0.155 e. The average Bonchev–Trinajstić information content (AvgIpc) is 2.31. The van der Waals surface area contributed by atoms with Crippen molar-refractivity contribution in [1.82, 2.24) is 0 Å². The van der Waals surface area contributed by atoms with Crippen molar-refractivity contribution in [1.29, 1.82) is 0 Å². The molecule has 0 aliphatic heterocycles. The molecule has 0 aromatic rings. The Morgan fingerprint density at radius 3 is 2.73 bits per heavy atom. The van der Waals surface area contributed by atoms with E-state index < -0.39 is 0 Å². The van der Waals surface area contributed by atoms with Crippen LogP contribution in [0.25, 0.3) is 0 Å². The van der Waals surface area contributed by atoms with E-state index in [4.69, 9.17) is 4.74 Å². The maximum absolute atomic E-state index is 10.6. The van der Waals surface area contributed by atoms with Gasteiger partial charge in [0.1, 0.15) is 6.61 Å². The third-order valence-corrected chi connectivity index (χ3v) is 2.28. The lowest BCUT2D eigenvalue weighted by atomic mass is 10.1. The third kappa shape index (κ3) is 2.62. The van der Waals surface area contributed by atoms with Crippen molar-refractivity contribution in [2.75, 3.05) is 6.61 Å². The summed E-state index contributed by atoms with van der Waals surface area (Å²) in [6, 6.07) is 0. The van der Waals surface area contributed by atoms with E-state index in [1.165, 1.54) is 12.8 Å². The zero-order valence-electron chi connectivity index (χ0n) is 7.30.